The lowest BCUT2D eigenvalue weighted by molar-refractivity contribution is 0.399. The van der Waals surface area contributed by atoms with Crippen molar-refractivity contribution < 1.29 is 8.42 Å². The van der Waals surface area contributed by atoms with E-state index in [2.05, 4.69) is 11.6 Å². The highest BCUT2D eigenvalue weighted by Crippen LogP contribution is 2.26. The van der Waals surface area contributed by atoms with Gasteiger partial charge in [0.2, 0.25) is 10.0 Å². The minimum atomic E-state index is -3.54. The normalized spacial score (nSPS) is 24.3. The molecule has 0 heterocycles. The molecule has 0 saturated heterocycles. The van der Waals surface area contributed by atoms with Crippen LogP contribution in [0.3, 0.4) is 0 Å². The summed E-state index contributed by atoms with van der Waals surface area (Å²) >= 11 is 5.83. The molecule has 0 spiro atoms. The molecule has 0 aromatic heterocycles. The van der Waals surface area contributed by atoms with Crippen molar-refractivity contribution in [3.63, 3.8) is 0 Å². The van der Waals surface area contributed by atoms with Gasteiger partial charge in [-0.05, 0) is 37.0 Å². The zero-order valence-corrected chi connectivity index (χ0v) is 13.2. The Balaban J connectivity index is 2.19. The Labute approximate surface area is 125 Å². The lowest BCUT2D eigenvalue weighted by atomic mass is 9.98. The first-order valence-corrected chi connectivity index (χ1v) is 8.83. The topological polar surface area (TPSA) is 72.2 Å². The van der Waals surface area contributed by atoms with Crippen molar-refractivity contribution in [2.45, 2.75) is 50.0 Å². The highest BCUT2D eigenvalue weighted by molar-refractivity contribution is 7.89. The zero-order chi connectivity index (χ0) is 14.8. The highest BCUT2D eigenvalue weighted by Gasteiger charge is 2.26. The Morgan fingerprint density at radius 3 is 2.65 bits per heavy atom. The van der Waals surface area contributed by atoms with Crippen LogP contribution in [-0.2, 0) is 10.0 Å². The molecule has 2 atom stereocenters. The first-order valence-electron chi connectivity index (χ1n) is 6.97. The first kappa shape index (κ1) is 15.6. The number of nitrogens with one attached hydrogen (secondary N) is 1. The summed E-state index contributed by atoms with van der Waals surface area (Å²) < 4.78 is 27.6. The molecule has 2 rings (SSSR count). The predicted octanol–water partition coefficient (Wildman–Crippen LogP) is 3.17. The number of hydrogen-bond acceptors (Lipinski definition) is 3. The van der Waals surface area contributed by atoms with Gasteiger partial charge in [0.1, 0.15) is 0 Å². The van der Waals surface area contributed by atoms with Crippen molar-refractivity contribution >= 4 is 27.3 Å². The lowest BCUT2D eigenvalue weighted by Gasteiger charge is -2.22. The fourth-order valence-electron chi connectivity index (χ4n) is 2.62. The molecule has 1 fully saturated rings. The minimum Gasteiger partial charge on any atom is -0.397 e. The van der Waals surface area contributed by atoms with Gasteiger partial charge in [0.05, 0.1) is 15.6 Å². The first-order chi connectivity index (χ1) is 9.40. The summed E-state index contributed by atoms with van der Waals surface area (Å²) in [7, 11) is -3.54. The smallest absolute Gasteiger partial charge is 0.240 e. The molecule has 0 amide bonds. The van der Waals surface area contributed by atoms with Crippen LogP contribution in [0.1, 0.15) is 39.0 Å². The average Bonchev–Trinajstić information content (AvgIpc) is 2.58. The summed E-state index contributed by atoms with van der Waals surface area (Å²) in [4.78, 5) is 0.177. The largest absolute Gasteiger partial charge is 0.397 e. The van der Waals surface area contributed by atoms with E-state index in [4.69, 9.17) is 17.3 Å². The van der Waals surface area contributed by atoms with E-state index >= 15 is 0 Å². The highest BCUT2D eigenvalue weighted by atomic mass is 35.5. The summed E-state index contributed by atoms with van der Waals surface area (Å²) in [5.74, 6) is 0.358. The molecule has 1 aliphatic rings. The van der Waals surface area contributed by atoms with Crippen LogP contribution in [-0.4, -0.2) is 14.5 Å². The van der Waals surface area contributed by atoms with Crippen molar-refractivity contribution in [2.75, 3.05) is 5.73 Å². The van der Waals surface area contributed by atoms with E-state index in [1.807, 2.05) is 0 Å². The van der Waals surface area contributed by atoms with Crippen molar-refractivity contribution in [3.05, 3.63) is 23.2 Å². The summed E-state index contributed by atoms with van der Waals surface area (Å²) in [5, 5.41) is 0.367. The molecule has 1 saturated carbocycles. The van der Waals surface area contributed by atoms with Crippen LogP contribution in [0.4, 0.5) is 5.69 Å². The number of sulfonamides is 1. The van der Waals surface area contributed by atoms with Crippen LogP contribution in [0.5, 0.6) is 0 Å². The molecule has 0 bridgehead atoms. The second kappa shape index (κ2) is 6.33. The van der Waals surface area contributed by atoms with Crippen molar-refractivity contribution in [3.8, 4) is 0 Å². The molecule has 0 radical (unpaired) electrons. The van der Waals surface area contributed by atoms with Crippen LogP contribution >= 0.6 is 11.6 Å². The molecule has 0 aliphatic heterocycles. The third-order valence-electron chi connectivity index (χ3n) is 3.95. The summed E-state index contributed by atoms with van der Waals surface area (Å²) in [6, 6.07) is 4.41. The van der Waals surface area contributed by atoms with Crippen LogP contribution in [0.15, 0.2) is 23.1 Å². The summed E-state index contributed by atoms with van der Waals surface area (Å²) in [5.41, 5.74) is 5.96. The molecular formula is C14H21ClN2O2S. The van der Waals surface area contributed by atoms with Gasteiger partial charge in [0, 0.05) is 6.04 Å². The standard InChI is InChI=1S/C14H21ClN2O2S/c1-10-5-3-2-4-6-14(10)17-20(18,19)11-7-8-12(15)13(16)9-11/h7-10,14,17H,2-6,16H2,1H3. The number of rotatable bonds is 3. The number of hydrogen-bond donors (Lipinski definition) is 2. The molecule has 1 aliphatic carbocycles. The van der Waals surface area contributed by atoms with Gasteiger partial charge in [-0.2, -0.15) is 0 Å². The number of anilines is 1. The van der Waals surface area contributed by atoms with E-state index in [1.165, 1.54) is 31.0 Å². The molecular weight excluding hydrogens is 296 g/mol. The average molecular weight is 317 g/mol. The van der Waals surface area contributed by atoms with Crippen LogP contribution in [0.25, 0.3) is 0 Å². The van der Waals surface area contributed by atoms with Crippen LogP contribution in [0.2, 0.25) is 5.02 Å². The quantitative estimate of drug-likeness (QED) is 0.664. The van der Waals surface area contributed by atoms with Crippen molar-refractivity contribution in [2.24, 2.45) is 5.92 Å². The predicted molar refractivity (Wildman–Crippen MR) is 82.2 cm³/mol. The minimum absolute atomic E-state index is 0.000553. The Kier molecular flexibility index (Phi) is 4.94. The monoisotopic (exact) mass is 316 g/mol. The number of nitrogen functional groups attached to an aromatic ring is 1. The second-order valence-corrected chi connectivity index (χ2v) is 7.65. The Morgan fingerprint density at radius 2 is 1.95 bits per heavy atom. The van der Waals surface area contributed by atoms with Gasteiger partial charge in [-0.1, -0.05) is 37.8 Å². The van der Waals surface area contributed by atoms with E-state index in [0.29, 0.717) is 10.9 Å². The molecule has 1 aromatic carbocycles. The van der Waals surface area contributed by atoms with E-state index in [-0.39, 0.29) is 16.6 Å². The van der Waals surface area contributed by atoms with Crippen LogP contribution in [0, 0.1) is 5.92 Å². The molecule has 3 N–H and O–H groups in total. The van der Waals surface area contributed by atoms with Gasteiger partial charge in [-0.25, -0.2) is 13.1 Å². The Hall–Kier alpha value is -0.780. The lowest BCUT2D eigenvalue weighted by Crippen LogP contribution is -2.38. The molecule has 2 unspecified atom stereocenters. The van der Waals surface area contributed by atoms with E-state index in [9.17, 15) is 8.42 Å². The van der Waals surface area contributed by atoms with E-state index < -0.39 is 10.0 Å². The zero-order valence-electron chi connectivity index (χ0n) is 11.6. The van der Waals surface area contributed by atoms with Crippen LogP contribution < -0.4 is 10.5 Å². The summed E-state index contributed by atoms with van der Waals surface area (Å²) in [6.07, 6.45) is 5.38. The number of benzene rings is 1. The van der Waals surface area contributed by atoms with E-state index in [1.54, 1.807) is 0 Å². The summed E-state index contributed by atoms with van der Waals surface area (Å²) in [6.45, 7) is 2.11. The van der Waals surface area contributed by atoms with Gasteiger partial charge in [0.15, 0.2) is 0 Å². The third-order valence-corrected chi connectivity index (χ3v) is 5.78. The number of halogens is 1. The van der Waals surface area contributed by atoms with Gasteiger partial charge in [-0.3, -0.25) is 0 Å². The SMILES string of the molecule is CC1CCCCCC1NS(=O)(=O)c1ccc(Cl)c(N)c1. The molecule has 1 aromatic rings. The van der Waals surface area contributed by atoms with E-state index in [0.717, 1.165) is 19.3 Å². The third kappa shape index (κ3) is 3.65. The van der Waals surface area contributed by atoms with Gasteiger partial charge in [0.25, 0.3) is 0 Å². The Morgan fingerprint density at radius 1 is 1.25 bits per heavy atom. The maximum absolute atomic E-state index is 12.4. The van der Waals surface area contributed by atoms with Gasteiger partial charge in [-0.15, -0.1) is 0 Å². The molecule has 112 valence electrons. The second-order valence-electron chi connectivity index (χ2n) is 5.53. The maximum Gasteiger partial charge on any atom is 0.240 e. The number of nitrogens with two attached hydrogens (primary N) is 1. The fraction of sp³-hybridized carbons (Fsp3) is 0.571. The maximum atomic E-state index is 12.4. The van der Waals surface area contributed by atoms with Crippen molar-refractivity contribution in [1.82, 2.24) is 4.72 Å². The molecule has 20 heavy (non-hydrogen) atoms. The fourth-order valence-corrected chi connectivity index (χ4v) is 4.16. The molecule has 4 nitrogen and oxygen atoms in total. The molecule has 6 heteroatoms. The van der Waals surface area contributed by atoms with Gasteiger partial charge >= 0.3 is 0 Å². The Bertz CT molecular complexity index is 575. The van der Waals surface area contributed by atoms with Gasteiger partial charge < -0.3 is 5.73 Å². The van der Waals surface area contributed by atoms with Crippen molar-refractivity contribution in [1.29, 1.82) is 0 Å².